The van der Waals surface area contributed by atoms with Gasteiger partial charge in [0.25, 0.3) is 11.6 Å². The second kappa shape index (κ2) is 7.75. The van der Waals surface area contributed by atoms with Crippen molar-refractivity contribution in [1.29, 1.82) is 0 Å². The summed E-state index contributed by atoms with van der Waals surface area (Å²) in [4.78, 5) is 30.0. The molecular weight excluding hydrogens is 378 g/mol. The molecule has 1 aliphatic rings. The Morgan fingerprint density at radius 3 is 2.30 bits per heavy atom. The largest absolute Gasteiger partial charge is 0.282 e. The molecule has 0 saturated carbocycles. The Kier molecular flexibility index (Phi) is 4.98. The number of hydrogen-bond acceptors (Lipinski definition) is 4. The van der Waals surface area contributed by atoms with Crippen LogP contribution in [-0.2, 0) is 4.79 Å². The Bertz CT molecular complexity index is 1200. The Morgan fingerprint density at radius 1 is 0.967 bits per heavy atom. The maximum absolute atomic E-state index is 13.3. The molecule has 6 nitrogen and oxygen atoms in total. The number of nitrogens with zero attached hydrogens (tertiary/aromatic N) is 3. The normalized spacial score (nSPS) is 14.9. The quantitative estimate of drug-likeness (QED) is 0.351. The maximum atomic E-state index is 13.3. The van der Waals surface area contributed by atoms with E-state index in [1.807, 2.05) is 62.4 Å². The Labute approximate surface area is 174 Å². The number of nitro benzene ring substituents is 1. The van der Waals surface area contributed by atoms with Crippen LogP contribution in [0.15, 0.2) is 83.5 Å². The highest BCUT2D eigenvalue weighted by Crippen LogP contribution is 2.30. The van der Waals surface area contributed by atoms with Crippen molar-refractivity contribution < 1.29 is 9.72 Å². The molecule has 1 amide bonds. The summed E-state index contributed by atoms with van der Waals surface area (Å²) in [7, 11) is 0. The molecule has 3 aromatic rings. The number of non-ortho nitro benzene ring substituents is 1. The summed E-state index contributed by atoms with van der Waals surface area (Å²) in [6.07, 6.45) is 1.65. The van der Waals surface area contributed by atoms with Gasteiger partial charge < -0.3 is 0 Å². The average Bonchev–Trinajstić information content (AvgIpc) is 3.05. The lowest BCUT2D eigenvalue weighted by atomic mass is 10.1. The number of aryl methyl sites for hydroxylation is 2. The summed E-state index contributed by atoms with van der Waals surface area (Å²) < 4.78 is 0. The van der Waals surface area contributed by atoms with Crippen LogP contribution in [0.5, 0.6) is 0 Å². The number of aliphatic imine (C=N–C) groups is 1. The van der Waals surface area contributed by atoms with Gasteiger partial charge in [-0.3, -0.25) is 19.8 Å². The molecule has 4 rings (SSSR count). The Hall–Kier alpha value is -4.06. The zero-order chi connectivity index (χ0) is 21.3. The number of amidine groups is 1. The van der Waals surface area contributed by atoms with E-state index >= 15 is 0 Å². The van der Waals surface area contributed by atoms with Gasteiger partial charge in [0.1, 0.15) is 11.5 Å². The molecule has 0 spiro atoms. The molecule has 0 atom stereocenters. The molecule has 30 heavy (non-hydrogen) atoms. The van der Waals surface area contributed by atoms with Crippen molar-refractivity contribution in [3.63, 3.8) is 0 Å². The van der Waals surface area contributed by atoms with Gasteiger partial charge in [-0.1, -0.05) is 48.0 Å². The minimum atomic E-state index is -0.453. The summed E-state index contributed by atoms with van der Waals surface area (Å²) in [5, 5.41) is 10.9. The van der Waals surface area contributed by atoms with Gasteiger partial charge in [0.05, 0.1) is 10.6 Å². The van der Waals surface area contributed by atoms with Gasteiger partial charge in [0.15, 0.2) is 0 Å². The van der Waals surface area contributed by atoms with E-state index in [1.54, 1.807) is 23.1 Å². The number of anilines is 1. The van der Waals surface area contributed by atoms with Crippen molar-refractivity contribution in [2.75, 3.05) is 4.90 Å². The van der Waals surface area contributed by atoms with E-state index in [0.717, 1.165) is 22.4 Å². The first-order valence-corrected chi connectivity index (χ1v) is 9.46. The van der Waals surface area contributed by atoms with Crippen LogP contribution in [-0.4, -0.2) is 16.7 Å². The third-order valence-corrected chi connectivity index (χ3v) is 4.89. The summed E-state index contributed by atoms with van der Waals surface area (Å²) in [5.41, 5.74) is 4.65. The van der Waals surface area contributed by atoms with Gasteiger partial charge in [0, 0.05) is 17.7 Å². The SMILES string of the molecule is Cc1ccc(N2C(=O)C(=Cc3ccc([N+](=O)[O-])cc3)N=C2c2ccccc2)c(C)c1. The van der Waals surface area contributed by atoms with Gasteiger partial charge >= 0.3 is 0 Å². The number of rotatable bonds is 4. The third-order valence-electron chi connectivity index (χ3n) is 4.89. The van der Waals surface area contributed by atoms with Crippen molar-refractivity contribution in [3.05, 3.63) is 111 Å². The number of amides is 1. The number of nitro groups is 1. The topological polar surface area (TPSA) is 75.8 Å². The highest BCUT2D eigenvalue weighted by molar-refractivity contribution is 6.33. The average molecular weight is 397 g/mol. The van der Waals surface area contributed by atoms with Crippen molar-refractivity contribution in [2.24, 2.45) is 4.99 Å². The summed E-state index contributed by atoms with van der Waals surface area (Å²) >= 11 is 0. The standard InChI is InChI=1S/C24H19N3O3/c1-16-8-13-22(17(2)14-16)26-23(19-6-4-3-5-7-19)25-21(24(26)28)15-18-9-11-20(12-10-18)27(29)30/h3-15H,1-2H3. The highest BCUT2D eigenvalue weighted by Gasteiger charge is 2.33. The first-order valence-electron chi connectivity index (χ1n) is 9.46. The fourth-order valence-electron chi connectivity index (χ4n) is 3.43. The van der Waals surface area contributed by atoms with Crippen molar-refractivity contribution in [1.82, 2.24) is 0 Å². The smallest absolute Gasteiger partial charge is 0.266 e. The molecule has 0 aliphatic carbocycles. The molecule has 0 unspecified atom stereocenters. The lowest BCUT2D eigenvalue weighted by Gasteiger charge is -2.21. The molecular formula is C24H19N3O3. The van der Waals surface area contributed by atoms with Crippen LogP contribution in [0.4, 0.5) is 11.4 Å². The first-order chi connectivity index (χ1) is 14.4. The molecule has 0 radical (unpaired) electrons. The Morgan fingerprint density at radius 2 is 1.67 bits per heavy atom. The summed E-state index contributed by atoms with van der Waals surface area (Å²) in [6, 6.07) is 21.5. The molecule has 0 saturated heterocycles. The van der Waals surface area contributed by atoms with Crippen LogP contribution in [0.1, 0.15) is 22.3 Å². The summed E-state index contributed by atoms with van der Waals surface area (Å²) in [6.45, 7) is 3.98. The first kappa shape index (κ1) is 19.3. The fourth-order valence-corrected chi connectivity index (χ4v) is 3.43. The van der Waals surface area contributed by atoms with E-state index in [4.69, 9.17) is 0 Å². The number of carbonyl (C=O) groups is 1. The van der Waals surface area contributed by atoms with Crippen LogP contribution < -0.4 is 4.90 Å². The second-order valence-corrected chi connectivity index (χ2v) is 7.11. The van der Waals surface area contributed by atoms with E-state index in [9.17, 15) is 14.9 Å². The zero-order valence-electron chi connectivity index (χ0n) is 16.6. The molecule has 0 fully saturated rings. The predicted molar refractivity (Wildman–Crippen MR) is 117 cm³/mol. The third kappa shape index (κ3) is 3.63. The van der Waals surface area contributed by atoms with E-state index in [0.29, 0.717) is 11.4 Å². The molecule has 3 aromatic carbocycles. The van der Waals surface area contributed by atoms with Gasteiger partial charge in [-0.15, -0.1) is 0 Å². The number of hydrogen-bond donors (Lipinski definition) is 0. The monoisotopic (exact) mass is 397 g/mol. The van der Waals surface area contributed by atoms with Gasteiger partial charge in [-0.25, -0.2) is 4.99 Å². The van der Waals surface area contributed by atoms with Crippen LogP contribution in [0.2, 0.25) is 0 Å². The van der Waals surface area contributed by atoms with E-state index in [-0.39, 0.29) is 17.3 Å². The maximum Gasteiger partial charge on any atom is 0.282 e. The molecule has 148 valence electrons. The Balaban J connectivity index is 1.80. The van der Waals surface area contributed by atoms with Crippen LogP contribution >= 0.6 is 0 Å². The van der Waals surface area contributed by atoms with Crippen LogP contribution in [0.25, 0.3) is 6.08 Å². The molecule has 6 heteroatoms. The number of benzene rings is 3. The zero-order valence-corrected chi connectivity index (χ0v) is 16.6. The van der Waals surface area contributed by atoms with Crippen LogP contribution in [0, 0.1) is 24.0 Å². The van der Waals surface area contributed by atoms with E-state index in [1.165, 1.54) is 12.1 Å². The lowest BCUT2D eigenvalue weighted by Crippen LogP contribution is -2.33. The second-order valence-electron chi connectivity index (χ2n) is 7.11. The van der Waals surface area contributed by atoms with Gasteiger partial charge in [-0.2, -0.15) is 0 Å². The minimum absolute atomic E-state index is 0.000260. The van der Waals surface area contributed by atoms with E-state index in [2.05, 4.69) is 4.99 Å². The predicted octanol–water partition coefficient (Wildman–Crippen LogP) is 5.05. The summed E-state index contributed by atoms with van der Waals surface area (Å²) in [5.74, 6) is 0.319. The molecule has 0 bridgehead atoms. The number of carbonyl (C=O) groups excluding carboxylic acids is 1. The minimum Gasteiger partial charge on any atom is -0.266 e. The molecule has 1 aliphatic heterocycles. The van der Waals surface area contributed by atoms with Gasteiger partial charge in [-0.05, 0) is 49.2 Å². The fraction of sp³-hybridized carbons (Fsp3) is 0.0833. The van der Waals surface area contributed by atoms with Crippen molar-refractivity contribution in [2.45, 2.75) is 13.8 Å². The van der Waals surface area contributed by atoms with Gasteiger partial charge in [0.2, 0.25) is 0 Å². The molecule has 0 N–H and O–H groups in total. The molecule has 1 heterocycles. The van der Waals surface area contributed by atoms with Crippen LogP contribution in [0.3, 0.4) is 0 Å². The van der Waals surface area contributed by atoms with Crippen molar-refractivity contribution in [3.8, 4) is 0 Å². The van der Waals surface area contributed by atoms with E-state index < -0.39 is 4.92 Å². The molecule has 0 aromatic heterocycles. The lowest BCUT2D eigenvalue weighted by molar-refractivity contribution is -0.384. The highest BCUT2D eigenvalue weighted by atomic mass is 16.6. The van der Waals surface area contributed by atoms with Crippen molar-refractivity contribution >= 4 is 29.2 Å².